The van der Waals surface area contributed by atoms with E-state index in [1.54, 1.807) is 36.4 Å². The summed E-state index contributed by atoms with van der Waals surface area (Å²) in [6.45, 7) is 23.7. The van der Waals surface area contributed by atoms with Gasteiger partial charge in [-0.2, -0.15) is 0 Å². The highest BCUT2D eigenvalue weighted by atomic mass is 32.2. The molecule has 8 aromatic rings. The van der Waals surface area contributed by atoms with Gasteiger partial charge in [0, 0.05) is 127 Å². The van der Waals surface area contributed by atoms with Crippen LogP contribution in [0.15, 0.2) is 105 Å². The molecule has 4 aromatic heterocycles. The first kappa shape index (κ1) is 110. The highest BCUT2D eigenvalue weighted by Gasteiger charge is 2.54. The van der Waals surface area contributed by atoms with Gasteiger partial charge in [0.15, 0.2) is 65.0 Å². The Balaban J connectivity index is 0.000000222. The number of benzene rings is 4. The van der Waals surface area contributed by atoms with Crippen LogP contribution in [-0.2, 0) is 98.8 Å². The Bertz CT molecular complexity index is 7790. The molecule has 4 unspecified atom stereocenters. The van der Waals surface area contributed by atoms with Crippen molar-refractivity contribution in [2.45, 2.75) is 180 Å². The number of H-pyrrole nitrogens is 2. The number of carbonyl (C=O) groups excluding carboxylic acids is 4. The van der Waals surface area contributed by atoms with Crippen molar-refractivity contribution < 1.29 is 158 Å². The lowest BCUT2D eigenvalue weighted by atomic mass is 9.88. The van der Waals surface area contributed by atoms with Crippen molar-refractivity contribution in [1.29, 1.82) is 0 Å². The molecule has 12 atom stereocenters. The molecule has 16 rings (SSSR count). The third kappa shape index (κ3) is 24.4. The third-order valence-electron chi connectivity index (χ3n) is 25.7. The average molecular weight is 2180 g/mol. The van der Waals surface area contributed by atoms with Gasteiger partial charge in [-0.3, -0.25) is 56.5 Å². The molecule has 0 radical (unpaired) electrons. The predicted molar refractivity (Wildman–Crippen MR) is 520 cm³/mol. The first-order chi connectivity index (χ1) is 68.9. The van der Waals surface area contributed by atoms with E-state index in [1.165, 1.54) is 45.0 Å². The molecular weight excluding hydrogens is 2070 g/mol. The fourth-order valence-corrected chi connectivity index (χ4v) is 24.2. The highest BCUT2D eigenvalue weighted by Crippen LogP contribution is 2.58. The zero-order valence-corrected chi connectivity index (χ0v) is 87.5. The smallest absolute Gasteiger partial charge is 0.478 e. The van der Waals surface area contributed by atoms with Gasteiger partial charge in [-0.15, -0.1) is 0 Å². The number of ether oxygens (including phenoxy) is 6. The lowest BCUT2D eigenvalue weighted by Gasteiger charge is -2.43. The Morgan fingerprint density at radius 1 is 0.534 bits per heavy atom. The molecule has 0 spiro atoms. The van der Waals surface area contributed by atoms with Crippen LogP contribution in [0.25, 0.3) is 44.6 Å². The zero-order valence-electron chi connectivity index (χ0n) is 82.3. The normalized spacial score (nSPS) is 22.1. The number of hydrogen-bond acceptors (Lipinski definition) is 38. The number of anilines is 4. The maximum Gasteiger partial charge on any atom is 0.478 e. The number of phosphoric ester groups is 2. The van der Waals surface area contributed by atoms with E-state index in [0.717, 1.165) is 46.7 Å². The fourth-order valence-electron chi connectivity index (χ4n) is 19.8. The number of nitrogens with two attached hydrogens (primary N) is 2. The second-order valence-electron chi connectivity index (χ2n) is 38.3. The van der Waals surface area contributed by atoms with Gasteiger partial charge < -0.3 is 120 Å². The van der Waals surface area contributed by atoms with Crippen LogP contribution in [0.5, 0.6) is 23.0 Å². The highest BCUT2D eigenvalue weighted by molar-refractivity contribution is 7.86. The molecule has 54 nitrogen and oxygen atoms in total. The van der Waals surface area contributed by atoms with Gasteiger partial charge in [-0.25, -0.2) is 72.4 Å². The lowest BCUT2D eigenvalue weighted by Crippen LogP contribution is -2.50. The summed E-state index contributed by atoms with van der Waals surface area (Å²) in [6, 6.07) is 14.9. The molecule has 8 aliphatic heterocycles. The molecule has 148 heavy (non-hydrogen) atoms. The number of rotatable bonds is 34. The number of aliphatic hydroxyl groups is 2. The number of fused-ring (bicyclic) bond motifs is 10. The number of aromatic nitrogens is 8. The van der Waals surface area contributed by atoms with Crippen LogP contribution in [-0.4, -0.2) is 245 Å². The van der Waals surface area contributed by atoms with Crippen LogP contribution in [0, 0.1) is 0 Å². The van der Waals surface area contributed by atoms with E-state index in [1.807, 2.05) is 61.1 Å². The second-order valence-corrected chi connectivity index (χ2v) is 46.7. The summed E-state index contributed by atoms with van der Waals surface area (Å²) in [5.41, 5.74) is 16.8. The Morgan fingerprint density at radius 2 is 0.919 bits per heavy atom. The van der Waals surface area contributed by atoms with Crippen molar-refractivity contribution in [3.8, 4) is 23.0 Å². The van der Waals surface area contributed by atoms with Gasteiger partial charge in [0.05, 0.1) is 93.4 Å². The first-order valence-electron chi connectivity index (χ1n) is 46.3. The maximum atomic E-state index is 13.2. The van der Waals surface area contributed by atoms with Crippen LogP contribution in [0.2, 0.25) is 0 Å². The SMILES string of the molecule is CCN1c2cc3c(cc2C(C)=CC1(C)C)N=c1cc2c(cc1O3)=[N+](CCCC(=O)NCCNC(=O)O[C@@H]1[C@H](O)[C@@H](COP(=O)(O)OP(=O)([O-])O)O[C@H]1[n+]1cn(C)c3c(=O)[nH]c(N)nc31)C(C)(C)C=C2CS(=O)(=O)[O-].CCN1c2cc3c(cc2C(C)=CC1(C)C)N=c1cc2c(cc1O3)=[N+](CCCC(=O)NCCNC(=O)O[C@H]1[C@@H](O)[C@H]([n+]3cn(C)c4c(=O)[nH]c(N)nc43)O[C@@H]1COP(=O)(O)OP(=O)([O-])O)C(C)(C)C=C2CS(=O)(=O)[O-]. The number of allylic oxidation sites excluding steroid dienone is 2. The van der Waals surface area contributed by atoms with Gasteiger partial charge in [0.1, 0.15) is 53.5 Å². The van der Waals surface area contributed by atoms with E-state index in [-0.39, 0.29) is 90.2 Å². The second kappa shape index (κ2) is 41.5. The van der Waals surface area contributed by atoms with E-state index >= 15 is 0 Å². The Morgan fingerprint density at radius 3 is 1.32 bits per heavy atom. The summed E-state index contributed by atoms with van der Waals surface area (Å²) >= 11 is 0. The number of nitrogen functional groups attached to an aromatic ring is 2. The number of amides is 4. The van der Waals surface area contributed by atoms with Crippen molar-refractivity contribution in [2.75, 3.05) is 98.3 Å². The largest absolute Gasteiger partial charge is 0.756 e. The molecular formula is C88H112N20O34P4S2. The number of nitrogens with one attached hydrogen (secondary N) is 6. The molecule has 0 bridgehead atoms. The van der Waals surface area contributed by atoms with E-state index < -0.39 is 166 Å². The summed E-state index contributed by atoms with van der Waals surface area (Å²) in [7, 11) is -29.0. The number of nitrogens with zero attached hydrogens (tertiary/aromatic N) is 12. The van der Waals surface area contributed by atoms with Crippen molar-refractivity contribution in [3.63, 3.8) is 0 Å². The van der Waals surface area contributed by atoms with Crippen molar-refractivity contribution >= 4 is 155 Å². The summed E-state index contributed by atoms with van der Waals surface area (Å²) < 4.78 is 181. The maximum absolute atomic E-state index is 13.2. The minimum Gasteiger partial charge on any atom is -0.756 e. The summed E-state index contributed by atoms with van der Waals surface area (Å²) in [5, 5.41) is 34.9. The van der Waals surface area contributed by atoms with Crippen LogP contribution >= 0.6 is 31.3 Å². The number of aliphatic hydroxyl groups excluding tert-OH is 2. The number of alkyl carbamates (subject to hydrolysis) is 2. The number of likely N-dealkylation sites (N-methyl/N-ethyl adjacent to an activating group) is 2. The van der Waals surface area contributed by atoms with Crippen LogP contribution in [0.4, 0.5) is 44.2 Å². The molecule has 0 saturated carbocycles. The summed E-state index contributed by atoms with van der Waals surface area (Å²) in [5.74, 6) is -0.973. The number of phosphoric acid groups is 4. The predicted octanol–water partition coefficient (Wildman–Crippen LogP) is -0.0680. The third-order valence-corrected chi connectivity index (χ3v) is 31.2. The molecule has 0 aliphatic carbocycles. The molecule has 4 amide bonds. The Hall–Kier alpha value is -11.8. The van der Waals surface area contributed by atoms with Crippen LogP contribution in [0.1, 0.15) is 143 Å². The number of hydrogen-bond donors (Lipinski definition) is 14. The molecule has 800 valence electrons. The molecule has 4 aromatic carbocycles. The van der Waals surface area contributed by atoms with Gasteiger partial charge in [0.25, 0.3) is 38.7 Å². The number of aromatic amines is 2. The topological polar surface area (TPSA) is 757 Å². The van der Waals surface area contributed by atoms with Gasteiger partial charge in [-0.05, 0) is 114 Å². The van der Waals surface area contributed by atoms with Crippen molar-refractivity contribution in [1.82, 2.24) is 59.5 Å². The Kier molecular flexibility index (Phi) is 31.0. The monoisotopic (exact) mass is 2180 g/mol. The van der Waals surface area contributed by atoms with Crippen LogP contribution in [0.3, 0.4) is 0 Å². The lowest BCUT2D eigenvalue weighted by molar-refractivity contribution is -0.746. The summed E-state index contributed by atoms with van der Waals surface area (Å²) in [4.78, 5) is 165. The molecule has 16 N–H and O–H groups in total. The molecule has 8 aliphatic rings. The van der Waals surface area contributed by atoms with Crippen molar-refractivity contribution in [3.05, 3.63) is 150 Å². The average Bonchev–Trinajstić information content (AvgIpc) is 1.13. The minimum absolute atomic E-state index is 0.00617. The molecule has 2 fully saturated rings. The molecule has 60 heteroatoms. The number of imidazole rings is 2. The number of aryl methyl sites for hydroxylation is 2. The van der Waals surface area contributed by atoms with E-state index in [0.29, 0.717) is 104 Å². The van der Waals surface area contributed by atoms with Gasteiger partial charge in [0.2, 0.25) is 46.0 Å². The van der Waals surface area contributed by atoms with E-state index in [2.05, 4.69) is 136 Å². The van der Waals surface area contributed by atoms with Crippen LogP contribution < -0.4 is 113 Å². The van der Waals surface area contributed by atoms with Gasteiger partial charge >= 0.3 is 39.1 Å². The van der Waals surface area contributed by atoms with E-state index in [4.69, 9.17) is 59.7 Å². The Labute approximate surface area is 843 Å². The quantitative estimate of drug-likeness (QED) is 0.0109. The standard InChI is InChI=1S/2C44H56N10O17P2S/c1-8-53-29-16-31-27(14-25(29)23(2)18-43(53,3)4)48-28-15-26-24(21-74(64,65)66)19-44(5,6)54(30(26)17-32(28)68-31)13-9-10-34(55)46-11-12-47-42(58)70-37-33(20-67-73(62,63)71-72(59,60)61)69-40(36(37)56)52-22-51(7)35-38(52)49-41(45)50-39(35)57;1-8-53-29-16-31-27(14-25(29)23(2)18-43(53,3)4)48-28-15-26-24(21-74(64,65)66)19-44(5,6)54(30(26)17-32(28)68-31)13-9-10-34(55)46-11-12-47-42(58)70-37-36(56)33(20-67-73(62,63)71-72(59,60)61)69-40(37)52-22-51(7)35-38(52)49-41(45)50-39(35)57/h2*14-19,22,33,36-37,40,56H,8-13,20-21H2,1-7H3,(H7-2,45,46,47,49,50,55,57,58,59,60,61,62,63,64,65,66)/t2*33-,36-,37-,40-/m11/s1. The fraction of sp³-hybridized carbons (Fsp3) is 0.477. The molecule has 12 heterocycles. The summed E-state index contributed by atoms with van der Waals surface area (Å²) in [6.07, 6.45) is -4.48. The number of carbonyl (C=O) groups is 4. The zero-order chi connectivity index (χ0) is 108. The van der Waals surface area contributed by atoms with Crippen molar-refractivity contribution in [2.24, 2.45) is 24.1 Å². The van der Waals surface area contributed by atoms with Gasteiger partial charge in [-0.1, -0.05) is 22.1 Å². The van der Waals surface area contributed by atoms with E-state index in [9.17, 15) is 103 Å². The first-order valence-corrected chi connectivity index (χ1v) is 55.4. The molecule has 2 saturated heterocycles. The minimum atomic E-state index is -5.78.